The first-order chi connectivity index (χ1) is 8.16. The van der Waals surface area contributed by atoms with Crippen LogP contribution in [-0.2, 0) is 14.4 Å². The molecule has 0 bridgehead atoms. The highest BCUT2D eigenvalue weighted by molar-refractivity contribution is 5.92. The van der Waals surface area contributed by atoms with Crippen LogP contribution in [0.15, 0.2) is 34.4 Å². The smallest absolute Gasteiger partial charge is 0.331 e. The van der Waals surface area contributed by atoms with E-state index in [9.17, 15) is 14.4 Å². The fourth-order valence-electron chi connectivity index (χ4n) is 0.972. The lowest BCUT2D eigenvalue weighted by molar-refractivity contribution is -0.133. The van der Waals surface area contributed by atoms with Gasteiger partial charge in [-0.15, -0.1) is 0 Å². The molecule has 6 heteroatoms. The average molecular weight is 254 g/mol. The maximum Gasteiger partial charge on any atom is 0.331 e. The molecule has 0 aromatic heterocycles. The average Bonchev–Trinajstić information content (AvgIpc) is 2.26. The summed E-state index contributed by atoms with van der Waals surface area (Å²) in [6.45, 7) is 3.86. The number of hydrogen-bond acceptors (Lipinski definition) is 3. The van der Waals surface area contributed by atoms with Crippen molar-refractivity contribution in [2.45, 2.75) is 20.8 Å². The molecule has 0 aliphatic rings. The minimum absolute atomic E-state index is 0.0438. The molecule has 0 atom stereocenters. The Morgan fingerprint density at radius 3 is 1.28 bits per heavy atom. The molecule has 0 rings (SSSR count). The van der Waals surface area contributed by atoms with E-state index in [-0.39, 0.29) is 22.3 Å². The Balaban J connectivity index is 5.78. The number of carboxylic acid groups (broad SMARTS) is 3. The van der Waals surface area contributed by atoms with Crippen LogP contribution in [0, 0.1) is 0 Å². The van der Waals surface area contributed by atoms with Gasteiger partial charge in [0.1, 0.15) is 0 Å². The van der Waals surface area contributed by atoms with Crippen molar-refractivity contribution in [2.75, 3.05) is 0 Å². The largest absolute Gasteiger partial charge is 0.478 e. The lowest BCUT2D eigenvalue weighted by atomic mass is 10.0. The Morgan fingerprint density at radius 1 is 0.722 bits per heavy atom. The van der Waals surface area contributed by atoms with Gasteiger partial charge in [0, 0.05) is 16.7 Å². The van der Waals surface area contributed by atoms with E-state index in [0.29, 0.717) is 0 Å². The molecule has 0 saturated carbocycles. The van der Waals surface area contributed by atoms with Crippen molar-refractivity contribution in [2.24, 2.45) is 0 Å². The summed E-state index contributed by atoms with van der Waals surface area (Å²) in [5, 5.41) is 26.3. The summed E-state index contributed by atoms with van der Waals surface area (Å²) in [6.07, 6.45) is 2.25. The fraction of sp³-hybridized carbons (Fsp3) is 0.250. The monoisotopic (exact) mass is 254 g/mol. The summed E-state index contributed by atoms with van der Waals surface area (Å²) >= 11 is 0. The number of rotatable bonds is 5. The second-order valence-electron chi connectivity index (χ2n) is 3.65. The lowest BCUT2D eigenvalue weighted by Crippen LogP contribution is -2.03. The predicted octanol–water partition coefficient (Wildman–Crippen LogP) is 1.45. The number of aliphatic carboxylic acids is 3. The van der Waals surface area contributed by atoms with Crippen LogP contribution in [0.25, 0.3) is 0 Å². The van der Waals surface area contributed by atoms with Gasteiger partial charge in [-0.1, -0.05) is 0 Å². The zero-order valence-electron chi connectivity index (χ0n) is 10.2. The first-order valence-electron chi connectivity index (χ1n) is 4.94. The summed E-state index contributed by atoms with van der Waals surface area (Å²) in [7, 11) is 0. The summed E-state index contributed by atoms with van der Waals surface area (Å²) in [5.74, 6) is -3.65. The minimum atomic E-state index is -1.24. The van der Waals surface area contributed by atoms with Gasteiger partial charge in [-0.2, -0.15) is 0 Å². The van der Waals surface area contributed by atoms with E-state index in [1.807, 2.05) is 0 Å². The topological polar surface area (TPSA) is 112 Å². The standard InChI is InChI=1S/C12H14O6/c1-6(10(13)14)4-9(8(3)12(17)18)5-7(2)11(15)16/h4-5H,1-3H3,(H,13,14)(H,15,16)(H,17,18). The van der Waals surface area contributed by atoms with Gasteiger partial charge in [0.2, 0.25) is 0 Å². The Hall–Kier alpha value is -2.37. The first-order valence-corrected chi connectivity index (χ1v) is 4.94. The molecule has 0 amide bonds. The van der Waals surface area contributed by atoms with E-state index in [0.717, 1.165) is 12.2 Å². The fourth-order valence-corrected chi connectivity index (χ4v) is 0.972. The van der Waals surface area contributed by atoms with Gasteiger partial charge in [-0.3, -0.25) is 0 Å². The molecule has 0 aliphatic heterocycles. The van der Waals surface area contributed by atoms with Crippen molar-refractivity contribution in [3.05, 3.63) is 34.4 Å². The zero-order valence-corrected chi connectivity index (χ0v) is 10.2. The van der Waals surface area contributed by atoms with Crippen LogP contribution >= 0.6 is 0 Å². The SMILES string of the molecule is CC(=CC(C=C(C)C(=O)O)=C(C)C(=O)O)C(=O)O. The molecule has 18 heavy (non-hydrogen) atoms. The third-order valence-corrected chi connectivity index (χ3v) is 2.17. The molecule has 0 aliphatic carbocycles. The molecule has 0 fully saturated rings. The molecule has 98 valence electrons. The highest BCUT2D eigenvalue weighted by Gasteiger charge is 2.10. The molecule has 6 nitrogen and oxygen atoms in total. The van der Waals surface area contributed by atoms with Crippen LogP contribution in [0.1, 0.15) is 20.8 Å². The van der Waals surface area contributed by atoms with Crippen molar-refractivity contribution >= 4 is 17.9 Å². The van der Waals surface area contributed by atoms with E-state index in [4.69, 9.17) is 15.3 Å². The van der Waals surface area contributed by atoms with Crippen LogP contribution in [0.4, 0.5) is 0 Å². The molecule has 0 spiro atoms. The van der Waals surface area contributed by atoms with Gasteiger partial charge in [0.05, 0.1) is 0 Å². The van der Waals surface area contributed by atoms with Gasteiger partial charge >= 0.3 is 17.9 Å². The minimum Gasteiger partial charge on any atom is -0.478 e. The van der Waals surface area contributed by atoms with Crippen LogP contribution in [-0.4, -0.2) is 33.2 Å². The van der Waals surface area contributed by atoms with Crippen LogP contribution < -0.4 is 0 Å². The van der Waals surface area contributed by atoms with Gasteiger partial charge in [0.15, 0.2) is 0 Å². The molecule has 0 aromatic carbocycles. The van der Waals surface area contributed by atoms with Crippen molar-refractivity contribution < 1.29 is 29.7 Å². The van der Waals surface area contributed by atoms with Gasteiger partial charge < -0.3 is 15.3 Å². The predicted molar refractivity (Wildman–Crippen MR) is 63.1 cm³/mol. The molecule has 0 unspecified atom stereocenters. The molecule has 3 N–H and O–H groups in total. The molecule has 0 aromatic rings. The second kappa shape index (κ2) is 6.39. The third-order valence-electron chi connectivity index (χ3n) is 2.17. The van der Waals surface area contributed by atoms with E-state index in [1.54, 1.807) is 0 Å². The Kier molecular flexibility index (Phi) is 5.55. The second-order valence-corrected chi connectivity index (χ2v) is 3.65. The quantitative estimate of drug-likeness (QED) is 0.505. The van der Waals surface area contributed by atoms with Crippen molar-refractivity contribution in [3.8, 4) is 0 Å². The zero-order chi connectivity index (χ0) is 14.5. The Labute approximate surface area is 104 Å². The molecular weight excluding hydrogens is 240 g/mol. The van der Waals surface area contributed by atoms with E-state index < -0.39 is 17.9 Å². The normalized spacial score (nSPS) is 11.9. The molecule has 0 radical (unpaired) electrons. The lowest BCUT2D eigenvalue weighted by Gasteiger charge is -2.02. The van der Waals surface area contributed by atoms with Crippen molar-refractivity contribution in [1.29, 1.82) is 0 Å². The van der Waals surface area contributed by atoms with Crippen molar-refractivity contribution in [3.63, 3.8) is 0 Å². The third kappa shape index (κ3) is 4.65. The molecular formula is C12H14O6. The maximum atomic E-state index is 10.8. The first kappa shape index (κ1) is 15.6. The number of allylic oxidation sites excluding steroid dienone is 3. The van der Waals surface area contributed by atoms with E-state index in [1.165, 1.54) is 20.8 Å². The molecule has 0 saturated heterocycles. The van der Waals surface area contributed by atoms with E-state index >= 15 is 0 Å². The number of carbonyl (C=O) groups is 3. The molecule has 0 heterocycles. The van der Waals surface area contributed by atoms with E-state index in [2.05, 4.69) is 0 Å². The Bertz CT molecular complexity index is 447. The van der Waals surface area contributed by atoms with Crippen molar-refractivity contribution in [1.82, 2.24) is 0 Å². The maximum absolute atomic E-state index is 10.8. The summed E-state index contributed by atoms with van der Waals surface area (Å²) in [4.78, 5) is 32.2. The Morgan fingerprint density at radius 2 is 1.06 bits per heavy atom. The van der Waals surface area contributed by atoms with Crippen LogP contribution in [0.2, 0.25) is 0 Å². The highest BCUT2D eigenvalue weighted by Crippen LogP contribution is 2.13. The van der Waals surface area contributed by atoms with Crippen LogP contribution in [0.5, 0.6) is 0 Å². The number of hydrogen-bond donors (Lipinski definition) is 3. The summed E-state index contributed by atoms with van der Waals surface area (Å²) in [6, 6.07) is 0. The van der Waals surface area contributed by atoms with Crippen LogP contribution in [0.3, 0.4) is 0 Å². The number of carboxylic acids is 3. The highest BCUT2D eigenvalue weighted by atomic mass is 16.4. The van der Waals surface area contributed by atoms with Gasteiger partial charge in [0.25, 0.3) is 0 Å². The summed E-state index contributed by atoms with van der Waals surface area (Å²) in [5.41, 5.74) is -0.251. The summed E-state index contributed by atoms with van der Waals surface area (Å²) < 4.78 is 0. The van der Waals surface area contributed by atoms with Gasteiger partial charge in [-0.25, -0.2) is 14.4 Å². The van der Waals surface area contributed by atoms with Gasteiger partial charge in [-0.05, 0) is 38.5 Å².